The minimum Gasteiger partial charge on any atom is -0.353 e. The van der Waals surface area contributed by atoms with E-state index in [1.165, 1.54) is 18.2 Å². The zero-order chi connectivity index (χ0) is 15.4. The molecule has 0 amide bonds. The molecule has 0 unspecified atom stereocenters. The van der Waals surface area contributed by atoms with Crippen LogP contribution in [0.2, 0.25) is 0 Å². The van der Waals surface area contributed by atoms with E-state index in [9.17, 15) is 10.1 Å². The highest BCUT2D eigenvalue weighted by molar-refractivity contribution is 9.10. The first-order valence-corrected chi connectivity index (χ1v) is 6.49. The molecule has 0 radical (unpaired) electrons. The molecule has 0 spiro atoms. The van der Waals surface area contributed by atoms with Gasteiger partial charge in [-0.3, -0.25) is 10.1 Å². The van der Waals surface area contributed by atoms with E-state index < -0.39 is 4.92 Å². The van der Waals surface area contributed by atoms with Gasteiger partial charge in [-0.15, -0.1) is 0 Å². The largest absolute Gasteiger partial charge is 0.353 e. The number of hydrogen-bond donors (Lipinski definition) is 1. The summed E-state index contributed by atoms with van der Waals surface area (Å²) in [6, 6.07) is 12.9. The van der Waals surface area contributed by atoms with Gasteiger partial charge in [-0.1, -0.05) is 15.9 Å². The van der Waals surface area contributed by atoms with Crippen molar-refractivity contribution in [1.82, 2.24) is 0 Å². The number of halogens is 1. The molecule has 0 heterocycles. The Kier molecular flexibility index (Phi) is 4.17. The lowest BCUT2D eigenvalue weighted by Gasteiger charge is -2.10. The van der Waals surface area contributed by atoms with Crippen LogP contribution in [-0.4, -0.2) is 4.92 Å². The van der Waals surface area contributed by atoms with Gasteiger partial charge >= 0.3 is 0 Å². The molecule has 2 aromatic rings. The van der Waals surface area contributed by atoms with Crippen molar-refractivity contribution in [2.24, 2.45) is 0 Å². The number of benzene rings is 2. The smallest absolute Gasteiger partial charge is 0.270 e. The molecular formula is C14H7BrN4O2. The standard InChI is InChI=1S/C14H7BrN4O2/c15-11-1-3-13(9(5-11)7-16)18-14-4-2-12(19(20)21)6-10(14)8-17/h1-6,18H. The van der Waals surface area contributed by atoms with Crippen molar-refractivity contribution in [3.8, 4) is 12.1 Å². The van der Waals surface area contributed by atoms with Crippen LogP contribution in [-0.2, 0) is 0 Å². The average Bonchev–Trinajstić information content (AvgIpc) is 2.49. The molecule has 0 aliphatic carbocycles. The Bertz CT molecular complexity index is 806. The van der Waals surface area contributed by atoms with Crippen molar-refractivity contribution in [2.75, 3.05) is 5.32 Å². The second-order valence-corrected chi connectivity index (χ2v) is 4.94. The van der Waals surface area contributed by atoms with Crippen LogP contribution in [0, 0.1) is 32.8 Å². The molecule has 1 N–H and O–H groups in total. The van der Waals surface area contributed by atoms with Crippen molar-refractivity contribution in [3.05, 3.63) is 62.1 Å². The summed E-state index contributed by atoms with van der Waals surface area (Å²) in [6.45, 7) is 0. The van der Waals surface area contributed by atoms with Gasteiger partial charge in [0.25, 0.3) is 5.69 Å². The Labute approximate surface area is 128 Å². The topological polar surface area (TPSA) is 103 Å². The molecule has 7 heteroatoms. The highest BCUT2D eigenvalue weighted by atomic mass is 79.9. The van der Waals surface area contributed by atoms with Crippen LogP contribution >= 0.6 is 15.9 Å². The van der Waals surface area contributed by atoms with Crippen LogP contribution in [0.4, 0.5) is 17.1 Å². The van der Waals surface area contributed by atoms with Gasteiger partial charge in [0.1, 0.15) is 12.1 Å². The Morgan fingerprint density at radius 3 is 2.19 bits per heavy atom. The molecule has 21 heavy (non-hydrogen) atoms. The summed E-state index contributed by atoms with van der Waals surface area (Å²) >= 11 is 3.27. The highest BCUT2D eigenvalue weighted by Crippen LogP contribution is 2.28. The summed E-state index contributed by atoms with van der Waals surface area (Å²) in [5, 5.41) is 31.8. The molecule has 2 aromatic carbocycles. The molecule has 2 rings (SSSR count). The normalized spacial score (nSPS) is 9.48. The Balaban J connectivity index is 2.43. The maximum absolute atomic E-state index is 10.7. The number of nitro groups is 1. The van der Waals surface area contributed by atoms with Gasteiger partial charge in [-0.2, -0.15) is 10.5 Å². The number of nitrogens with zero attached hydrogens (tertiary/aromatic N) is 3. The molecular weight excluding hydrogens is 336 g/mol. The van der Waals surface area contributed by atoms with Crippen molar-refractivity contribution < 1.29 is 4.92 Å². The van der Waals surface area contributed by atoms with Gasteiger partial charge < -0.3 is 5.32 Å². The van der Waals surface area contributed by atoms with Crippen molar-refractivity contribution >= 4 is 33.0 Å². The lowest BCUT2D eigenvalue weighted by Crippen LogP contribution is -1.97. The van der Waals surface area contributed by atoms with Crippen LogP contribution in [0.5, 0.6) is 0 Å². The fourth-order valence-corrected chi connectivity index (χ4v) is 2.07. The van der Waals surface area contributed by atoms with Crippen molar-refractivity contribution in [1.29, 1.82) is 10.5 Å². The van der Waals surface area contributed by atoms with Gasteiger partial charge in [0.15, 0.2) is 0 Å². The predicted molar refractivity (Wildman–Crippen MR) is 80.0 cm³/mol. The lowest BCUT2D eigenvalue weighted by molar-refractivity contribution is -0.384. The highest BCUT2D eigenvalue weighted by Gasteiger charge is 2.12. The minimum atomic E-state index is -0.565. The van der Waals surface area contributed by atoms with E-state index in [1.807, 2.05) is 12.1 Å². The minimum absolute atomic E-state index is 0.135. The van der Waals surface area contributed by atoms with Crippen molar-refractivity contribution in [3.63, 3.8) is 0 Å². The number of anilines is 2. The van der Waals surface area contributed by atoms with E-state index in [2.05, 4.69) is 21.2 Å². The number of nitro benzene ring substituents is 1. The van der Waals surface area contributed by atoms with E-state index in [0.717, 1.165) is 4.47 Å². The fourth-order valence-electron chi connectivity index (χ4n) is 1.71. The third kappa shape index (κ3) is 3.16. The zero-order valence-electron chi connectivity index (χ0n) is 10.5. The van der Waals surface area contributed by atoms with Gasteiger partial charge in [-0.05, 0) is 24.3 Å². The van der Waals surface area contributed by atoms with E-state index in [0.29, 0.717) is 16.9 Å². The summed E-state index contributed by atoms with van der Waals surface area (Å²) in [5.74, 6) is 0. The summed E-state index contributed by atoms with van der Waals surface area (Å²) in [6.07, 6.45) is 0. The molecule has 0 saturated carbocycles. The fraction of sp³-hybridized carbons (Fsp3) is 0. The number of non-ortho nitro benzene ring substituents is 1. The number of nitriles is 2. The number of rotatable bonds is 3. The summed E-state index contributed by atoms with van der Waals surface area (Å²) in [4.78, 5) is 10.1. The van der Waals surface area contributed by atoms with E-state index in [-0.39, 0.29) is 11.3 Å². The average molecular weight is 343 g/mol. The molecule has 0 fully saturated rings. The van der Waals surface area contributed by atoms with Gasteiger partial charge in [0, 0.05) is 16.6 Å². The first kappa shape index (κ1) is 14.5. The quantitative estimate of drug-likeness (QED) is 0.674. The lowest BCUT2D eigenvalue weighted by atomic mass is 10.1. The van der Waals surface area contributed by atoms with E-state index >= 15 is 0 Å². The van der Waals surface area contributed by atoms with Gasteiger partial charge in [-0.25, -0.2) is 0 Å². The van der Waals surface area contributed by atoms with Gasteiger partial charge in [0.05, 0.1) is 27.4 Å². The van der Waals surface area contributed by atoms with Crippen LogP contribution in [0.1, 0.15) is 11.1 Å². The van der Waals surface area contributed by atoms with Crippen molar-refractivity contribution in [2.45, 2.75) is 0 Å². The molecule has 0 aromatic heterocycles. The SMILES string of the molecule is N#Cc1cc(Br)ccc1Nc1ccc([N+](=O)[O-])cc1C#N. The maximum atomic E-state index is 10.7. The Hall–Kier alpha value is -2.90. The maximum Gasteiger partial charge on any atom is 0.270 e. The third-order valence-electron chi connectivity index (χ3n) is 2.71. The second-order valence-electron chi connectivity index (χ2n) is 4.03. The summed E-state index contributed by atoms with van der Waals surface area (Å²) in [7, 11) is 0. The first-order chi connectivity index (χ1) is 10.0. The molecule has 102 valence electrons. The van der Waals surface area contributed by atoms with E-state index in [4.69, 9.17) is 10.5 Å². The summed E-state index contributed by atoms with van der Waals surface area (Å²) in [5.41, 5.74) is 1.30. The molecule has 0 saturated heterocycles. The molecule has 0 atom stereocenters. The van der Waals surface area contributed by atoms with Crippen LogP contribution in [0.25, 0.3) is 0 Å². The number of hydrogen-bond acceptors (Lipinski definition) is 5. The van der Waals surface area contributed by atoms with Crippen LogP contribution in [0.3, 0.4) is 0 Å². The Morgan fingerprint density at radius 1 is 1.05 bits per heavy atom. The molecule has 0 aliphatic heterocycles. The summed E-state index contributed by atoms with van der Waals surface area (Å²) < 4.78 is 0.758. The van der Waals surface area contributed by atoms with Gasteiger partial charge in [0.2, 0.25) is 0 Å². The molecule has 0 bridgehead atoms. The monoisotopic (exact) mass is 342 g/mol. The zero-order valence-corrected chi connectivity index (χ0v) is 12.1. The predicted octanol–water partition coefficient (Wildman–Crippen LogP) is 3.84. The molecule has 0 aliphatic rings. The molecule has 6 nitrogen and oxygen atoms in total. The first-order valence-electron chi connectivity index (χ1n) is 5.70. The second kappa shape index (κ2) is 6.04. The number of nitrogens with one attached hydrogen (secondary N) is 1. The Morgan fingerprint density at radius 2 is 1.62 bits per heavy atom. The van der Waals surface area contributed by atoms with Crippen LogP contribution < -0.4 is 5.32 Å². The van der Waals surface area contributed by atoms with E-state index in [1.54, 1.807) is 18.2 Å². The van der Waals surface area contributed by atoms with Crippen LogP contribution in [0.15, 0.2) is 40.9 Å². The third-order valence-corrected chi connectivity index (χ3v) is 3.20.